The van der Waals surface area contributed by atoms with Crippen molar-refractivity contribution in [2.24, 2.45) is 0 Å². The Morgan fingerprint density at radius 3 is 2.73 bits per heavy atom. The number of anilines is 1. The molecule has 22 heavy (non-hydrogen) atoms. The van der Waals surface area contributed by atoms with E-state index in [2.05, 4.69) is 24.9 Å². The van der Waals surface area contributed by atoms with Crippen LogP contribution in [-0.2, 0) is 6.42 Å². The van der Waals surface area contributed by atoms with E-state index in [1.54, 1.807) is 11.6 Å². The van der Waals surface area contributed by atoms with Crippen molar-refractivity contribution in [2.75, 3.05) is 5.73 Å². The van der Waals surface area contributed by atoms with Gasteiger partial charge >= 0.3 is 5.69 Å². The van der Waals surface area contributed by atoms with Gasteiger partial charge in [0.05, 0.1) is 6.42 Å². The van der Waals surface area contributed by atoms with E-state index in [1.165, 1.54) is 29.9 Å². The minimum absolute atomic E-state index is 0.0553. The molecule has 0 fully saturated rings. The van der Waals surface area contributed by atoms with Crippen molar-refractivity contribution in [3.05, 3.63) is 52.0 Å². The highest BCUT2D eigenvalue weighted by atomic mass is 32.1. The van der Waals surface area contributed by atoms with Gasteiger partial charge in [0.1, 0.15) is 10.7 Å². The first-order valence-electron chi connectivity index (χ1n) is 6.23. The van der Waals surface area contributed by atoms with Crippen LogP contribution in [0.5, 0.6) is 0 Å². The molecule has 110 valence electrons. The average molecular weight is 314 g/mol. The van der Waals surface area contributed by atoms with Gasteiger partial charge in [0, 0.05) is 41.4 Å². The number of nitrogens with zero attached hydrogens (tertiary/aromatic N) is 4. The first-order valence-corrected chi connectivity index (χ1v) is 7.11. The molecule has 0 saturated carbocycles. The summed E-state index contributed by atoms with van der Waals surface area (Å²) in [5.74, 6) is -0.287. The quantitative estimate of drug-likeness (QED) is 0.678. The molecule has 0 amide bonds. The second-order valence-corrected chi connectivity index (χ2v) is 5.20. The zero-order valence-electron chi connectivity index (χ0n) is 11.2. The Balaban J connectivity index is 1.99. The summed E-state index contributed by atoms with van der Waals surface area (Å²) in [6.45, 7) is 0. The minimum atomic E-state index is -0.532. The van der Waals surface area contributed by atoms with Gasteiger partial charge in [-0.2, -0.15) is 0 Å². The molecule has 0 radical (unpaired) electrons. The van der Waals surface area contributed by atoms with E-state index in [0.717, 1.165) is 0 Å². The monoisotopic (exact) mass is 314 g/mol. The van der Waals surface area contributed by atoms with Crippen LogP contribution in [0.25, 0.3) is 10.6 Å². The predicted molar refractivity (Wildman–Crippen MR) is 80.4 cm³/mol. The van der Waals surface area contributed by atoms with Gasteiger partial charge in [-0.05, 0) is 0 Å². The number of carbonyl (C=O) groups is 1. The Morgan fingerprint density at radius 2 is 2.00 bits per heavy atom. The van der Waals surface area contributed by atoms with Crippen LogP contribution < -0.4 is 11.4 Å². The second-order valence-electron chi connectivity index (χ2n) is 4.31. The molecule has 0 aliphatic heterocycles. The minimum Gasteiger partial charge on any atom is -0.382 e. The third-order valence-electron chi connectivity index (χ3n) is 2.88. The highest BCUT2D eigenvalue weighted by Gasteiger charge is 2.17. The Labute approximate surface area is 128 Å². The van der Waals surface area contributed by atoms with Gasteiger partial charge in [-0.15, -0.1) is 11.3 Å². The number of nitrogen functional groups attached to an aromatic ring is 1. The molecule has 0 spiro atoms. The zero-order chi connectivity index (χ0) is 15.5. The third kappa shape index (κ3) is 2.74. The molecule has 0 aliphatic rings. The summed E-state index contributed by atoms with van der Waals surface area (Å²) in [5.41, 5.74) is 6.21. The molecule has 0 aromatic carbocycles. The molecule has 8 nitrogen and oxygen atoms in total. The highest BCUT2D eigenvalue weighted by Crippen LogP contribution is 2.24. The van der Waals surface area contributed by atoms with Crippen molar-refractivity contribution in [1.29, 1.82) is 0 Å². The van der Waals surface area contributed by atoms with Gasteiger partial charge in [0.15, 0.2) is 11.6 Å². The van der Waals surface area contributed by atoms with Crippen LogP contribution >= 0.6 is 11.3 Å². The lowest BCUT2D eigenvalue weighted by atomic mass is 10.1. The number of hydrogen-bond donors (Lipinski definition) is 2. The maximum absolute atomic E-state index is 12.3. The van der Waals surface area contributed by atoms with Crippen molar-refractivity contribution < 1.29 is 4.79 Å². The number of rotatable bonds is 4. The van der Waals surface area contributed by atoms with Gasteiger partial charge < -0.3 is 10.7 Å². The third-order valence-corrected chi connectivity index (χ3v) is 3.69. The van der Waals surface area contributed by atoms with Crippen LogP contribution in [0.1, 0.15) is 16.2 Å². The fourth-order valence-electron chi connectivity index (χ4n) is 1.92. The van der Waals surface area contributed by atoms with Crippen LogP contribution in [0.2, 0.25) is 0 Å². The van der Waals surface area contributed by atoms with Gasteiger partial charge in [-0.25, -0.2) is 24.7 Å². The topological polar surface area (TPSA) is 128 Å². The number of hydrogen-bond acceptors (Lipinski definition) is 8. The van der Waals surface area contributed by atoms with E-state index >= 15 is 0 Å². The molecule has 0 saturated heterocycles. The molecular formula is C13H10N6O2S. The molecule has 3 aromatic heterocycles. The largest absolute Gasteiger partial charge is 0.382 e. The van der Waals surface area contributed by atoms with E-state index in [0.29, 0.717) is 16.3 Å². The lowest BCUT2D eigenvalue weighted by Gasteiger charge is -2.06. The number of aromatic amines is 1. The fraction of sp³-hybridized carbons (Fsp3) is 0.0769. The van der Waals surface area contributed by atoms with E-state index in [-0.39, 0.29) is 23.7 Å². The van der Waals surface area contributed by atoms with Gasteiger partial charge in [-0.1, -0.05) is 0 Å². The van der Waals surface area contributed by atoms with Crippen molar-refractivity contribution in [3.63, 3.8) is 0 Å². The number of ketones is 1. The molecular weight excluding hydrogens is 304 g/mol. The molecule has 9 heteroatoms. The van der Waals surface area contributed by atoms with E-state index in [1.807, 2.05) is 0 Å². The Morgan fingerprint density at radius 1 is 1.18 bits per heavy atom. The number of nitrogens with one attached hydrogen (secondary N) is 1. The normalized spacial score (nSPS) is 10.5. The van der Waals surface area contributed by atoms with Crippen LogP contribution in [0.4, 0.5) is 5.82 Å². The van der Waals surface area contributed by atoms with Crippen molar-refractivity contribution in [1.82, 2.24) is 24.9 Å². The number of nitrogens with two attached hydrogens (primary N) is 1. The first kappa shape index (κ1) is 14.0. The number of Topliss-reactive ketones (excluding diaryl/α,β-unsaturated/α-hetero) is 1. The molecule has 3 rings (SSSR count). The Bertz CT molecular complexity index is 874. The summed E-state index contributed by atoms with van der Waals surface area (Å²) < 4.78 is 0. The smallest absolute Gasteiger partial charge is 0.345 e. The van der Waals surface area contributed by atoms with Crippen LogP contribution in [-0.4, -0.2) is 30.7 Å². The van der Waals surface area contributed by atoms with Crippen molar-refractivity contribution in [3.8, 4) is 10.6 Å². The standard InChI is InChI=1S/C13H10N6O2S/c14-11-10(15-1-2-16-11)9(20)5-8-7(6-18-13(21)19-8)12-17-3-4-22-12/h1-4,6H,5H2,(H2,14,16)(H,18,19,21). The van der Waals surface area contributed by atoms with E-state index in [9.17, 15) is 9.59 Å². The predicted octanol–water partition coefficient (Wildman–Crippen LogP) is 0.691. The van der Waals surface area contributed by atoms with E-state index in [4.69, 9.17) is 5.73 Å². The van der Waals surface area contributed by atoms with Crippen LogP contribution in [0.3, 0.4) is 0 Å². The summed E-state index contributed by atoms with van der Waals surface area (Å²) in [5, 5.41) is 2.46. The van der Waals surface area contributed by atoms with Gasteiger partial charge in [0.25, 0.3) is 0 Å². The fourth-order valence-corrected chi connectivity index (χ4v) is 2.59. The summed E-state index contributed by atoms with van der Waals surface area (Å²) in [6, 6.07) is 0. The summed E-state index contributed by atoms with van der Waals surface area (Å²) in [7, 11) is 0. The average Bonchev–Trinajstić information content (AvgIpc) is 3.02. The van der Waals surface area contributed by atoms with E-state index < -0.39 is 5.69 Å². The number of H-pyrrole nitrogens is 1. The first-order chi connectivity index (χ1) is 10.6. The molecule has 3 N–H and O–H groups in total. The van der Waals surface area contributed by atoms with Gasteiger partial charge in [0.2, 0.25) is 0 Å². The van der Waals surface area contributed by atoms with Gasteiger partial charge in [-0.3, -0.25) is 4.79 Å². The molecule has 3 heterocycles. The van der Waals surface area contributed by atoms with Crippen LogP contribution in [0.15, 0.2) is 35.0 Å². The molecule has 0 unspecified atom stereocenters. The number of aromatic nitrogens is 5. The zero-order valence-corrected chi connectivity index (χ0v) is 12.0. The summed E-state index contributed by atoms with van der Waals surface area (Å²) >= 11 is 1.38. The SMILES string of the molecule is Nc1nccnc1C(=O)Cc1[nH]c(=O)ncc1-c1nccs1. The lowest BCUT2D eigenvalue weighted by molar-refractivity contribution is 0.0988. The Hall–Kier alpha value is -2.94. The molecule has 0 bridgehead atoms. The number of carbonyl (C=O) groups excluding carboxylic acids is 1. The maximum Gasteiger partial charge on any atom is 0.345 e. The summed E-state index contributed by atoms with van der Waals surface area (Å²) in [6.07, 6.45) is 5.76. The van der Waals surface area contributed by atoms with Crippen LogP contribution in [0, 0.1) is 0 Å². The number of thiazole rings is 1. The maximum atomic E-state index is 12.3. The highest BCUT2D eigenvalue weighted by molar-refractivity contribution is 7.13. The van der Waals surface area contributed by atoms with Crippen molar-refractivity contribution in [2.45, 2.75) is 6.42 Å². The molecule has 0 aliphatic carbocycles. The molecule has 3 aromatic rings. The molecule has 0 atom stereocenters. The lowest BCUT2D eigenvalue weighted by Crippen LogP contribution is -2.17. The van der Waals surface area contributed by atoms with Crippen molar-refractivity contribution >= 4 is 22.9 Å². The second kappa shape index (κ2) is 5.82. The summed E-state index contributed by atoms with van der Waals surface area (Å²) in [4.78, 5) is 42.0. The Kier molecular flexibility index (Phi) is 3.71.